The van der Waals surface area contributed by atoms with E-state index < -0.39 is 31.9 Å². The third-order valence-corrected chi connectivity index (χ3v) is 13.6. The largest absolute Gasteiger partial charge is 0.412 e. The van der Waals surface area contributed by atoms with Crippen LogP contribution in [0.4, 0.5) is 0 Å². The molecule has 2 unspecified atom stereocenters. The van der Waals surface area contributed by atoms with Crippen LogP contribution in [-0.4, -0.2) is 66.5 Å². The highest BCUT2D eigenvalue weighted by Gasteiger charge is 2.47. The fourth-order valence-electron chi connectivity index (χ4n) is 4.47. The SMILES string of the molecule is Cc1ncsc1-c1ccc([C@H](CO)NC(=O)C2CC(O[Si](C)(C)C(C)(C)C)CN2C(=O)[C@@H](N)C(C)(C)C)cc1. The third-order valence-electron chi connectivity index (χ3n) is 8.13. The first-order valence-electron chi connectivity index (χ1n) is 13.6. The Hall–Kier alpha value is -2.11. The van der Waals surface area contributed by atoms with E-state index in [1.54, 1.807) is 16.2 Å². The van der Waals surface area contributed by atoms with Gasteiger partial charge in [-0.15, -0.1) is 11.3 Å². The summed E-state index contributed by atoms with van der Waals surface area (Å²) in [6.07, 6.45) is 0.134. The number of aromatic nitrogens is 1. The third kappa shape index (κ3) is 7.16. The monoisotopic (exact) mass is 574 g/mol. The number of amides is 2. The number of benzene rings is 1. The van der Waals surface area contributed by atoms with Crippen LogP contribution in [0.25, 0.3) is 10.4 Å². The van der Waals surface area contributed by atoms with E-state index in [0.717, 1.165) is 21.7 Å². The Morgan fingerprint density at radius 2 is 1.82 bits per heavy atom. The quantitative estimate of drug-likeness (QED) is 0.396. The second kappa shape index (κ2) is 11.8. The molecule has 1 aromatic carbocycles. The Morgan fingerprint density at radius 3 is 2.31 bits per heavy atom. The van der Waals surface area contributed by atoms with Gasteiger partial charge in [-0.2, -0.15) is 0 Å². The van der Waals surface area contributed by atoms with Crippen molar-refractivity contribution in [3.8, 4) is 10.4 Å². The van der Waals surface area contributed by atoms with Crippen molar-refractivity contribution in [1.82, 2.24) is 15.2 Å². The topological polar surface area (TPSA) is 118 Å². The Balaban J connectivity index is 1.82. The van der Waals surface area contributed by atoms with Crippen molar-refractivity contribution in [2.45, 2.75) is 97.2 Å². The zero-order valence-corrected chi connectivity index (χ0v) is 26.7. The van der Waals surface area contributed by atoms with Crippen molar-refractivity contribution >= 4 is 31.5 Å². The van der Waals surface area contributed by atoms with Crippen molar-refractivity contribution < 1.29 is 19.1 Å². The van der Waals surface area contributed by atoms with Gasteiger partial charge in [0.2, 0.25) is 11.8 Å². The summed E-state index contributed by atoms with van der Waals surface area (Å²) in [5.41, 5.74) is 10.5. The molecule has 1 fully saturated rings. The van der Waals surface area contributed by atoms with E-state index in [2.05, 4.69) is 44.2 Å². The van der Waals surface area contributed by atoms with E-state index in [4.69, 9.17) is 10.2 Å². The number of aliphatic hydroxyl groups excluding tert-OH is 1. The number of nitrogens with zero attached hydrogens (tertiary/aromatic N) is 2. The number of aliphatic hydroxyl groups is 1. The lowest BCUT2D eigenvalue weighted by atomic mass is 9.86. The molecule has 2 aromatic rings. The van der Waals surface area contributed by atoms with Crippen molar-refractivity contribution in [3.63, 3.8) is 0 Å². The van der Waals surface area contributed by atoms with Gasteiger partial charge in [-0.3, -0.25) is 9.59 Å². The van der Waals surface area contributed by atoms with Gasteiger partial charge >= 0.3 is 0 Å². The summed E-state index contributed by atoms with van der Waals surface area (Å²) >= 11 is 1.58. The molecule has 0 radical (unpaired) electrons. The number of aryl methyl sites for hydroxylation is 1. The lowest BCUT2D eigenvalue weighted by Gasteiger charge is -2.38. The van der Waals surface area contributed by atoms with Gasteiger partial charge in [0.1, 0.15) is 6.04 Å². The molecule has 8 nitrogen and oxygen atoms in total. The fourth-order valence-corrected chi connectivity index (χ4v) is 6.63. The molecule has 1 aromatic heterocycles. The first-order chi connectivity index (χ1) is 18.0. The van der Waals surface area contributed by atoms with E-state index in [9.17, 15) is 14.7 Å². The van der Waals surface area contributed by atoms with Gasteiger partial charge in [0, 0.05) is 13.0 Å². The molecule has 0 aliphatic carbocycles. The van der Waals surface area contributed by atoms with Gasteiger partial charge in [0.25, 0.3) is 0 Å². The molecule has 1 aliphatic heterocycles. The summed E-state index contributed by atoms with van der Waals surface area (Å²) in [7, 11) is -2.13. The van der Waals surface area contributed by atoms with Crippen molar-refractivity contribution in [1.29, 1.82) is 0 Å². The second-order valence-corrected chi connectivity index (χ2v) is 18.8. The summed E-state index contributed by atoms with van der Waals surface area (Å²) < 4.78 is 6.63. The maximum Gasteiger partial charge on any atom is 0.243 e. The van der Waals surface area contributed by atoms with Gasteiger partial charge < -0.3 is 25.5 Å². The number of nitrogens with two attached hydrogens (primary N) is 1. The van der Waals surface area contributed by atoms with Crippen LogP contribution >= 0.6 is 11.3 Å². The van der Waals surface area contributed by atoms with Crippen LogP contribution in [0.3, 0.4) is 0 Å². The molecular weight excluding hydrogens is 528 g/mol. The number of carbonyl (C=O) groups excluding carboxylic acids is 2. The van der Waals surface area contributed by atoms with Crippen molar-refractivity contribution in [3.05, 3.63) is 41.0 Å². The molecule has 1 aliphatic rings. The number of hydrogen-bond acceptors (Lipinski definition) is 7. The van der Waals surface area contributed by atoms with E-state index in [1.165, 1.54) is 0 Å². The molecule has 10 heteroatoms. The van der Waals surface area contributed by atoms with Gasteiger partial charge in [0.15, 0.2) is 8.32 Å². The molecule has 1 saturated heterocycles. The van der Waals surface area contributed by atoms with Gasteiger partial charge in [-0.05, 0) is 41.6 Å². The second-order valence-electron chi connectivity index (χ2n) is 13.2. The van der Waals surface area contributed by atoms with Crippen LogP contribution < -0.4 is 11.1 Å². The fraction of sp³-hybridized carbons (Fsp3) is 0.621. The van der Waals surface area contributed by atoms with E-state index in [-0.39, 0.29) is 29.6 Å². The van der Waals surface area contributed by atoms with E-state index in [1.807, 2.05) is 57.5 Å². The Bertz CT molecular complexity index is 1150. The maximum atomic E-state index is 13.7. The molecule has 0 spiro atoms. The van der Waals surface area contributed by atoms with E-state index >= 15 is 0 Å². The number of rotatable bonds is 8. The highest BCUT2D eigenvalue weighted by atomic mass is 32.1. The molecular formula is C29H46N4O4SSi. The zero-order valence-electron chi connectivity index (χ0n) is 24.9. The number of hydrogen-bond donors (Lipinski definition) is 3. The van der Waals surface area contributed by atoms with Gasteiger partial charge in [0.05, 0.1) is 40.9 Å². The standard InChI is InChI=1S/C29H46N4O4SSi/c1-18-24(38-17-31-18)20-12-10-19(11-13-20)22(16-34)32-26(35)23-14-21(37-39(8,9)29(5,6)7)15-33(23)27(36)25(30)28(2,3)4/h10-13,17,21-23,25,34H,14-16,30H2,1-9H3,(H,32,35)/t21?,22-,23?,25+/m0/s1. The summed E-state index contributed by atoms with van der Waals surface area (Å²) in [5.74, 6) is -0.568. The highest BCUT2D eigenvalue weighted by molar-refractivity contribution is 7.13. The Labute approximate surface area is 238 Å². The van der Waals surface area contributed by atoms with Crippen LogP contribution in [0.1, 0.15) is 65.3 Å². The summed E-state index contributed by atoms with van der Waals surface area (Å²) in [6, 6.07) is 5.67. The minimum atomic E-state index is -2.13. The summed E-state index contributed by atoms with van der Waals surface area (Å²) in [4.78, 5) is 34.2. The minimum absolute atomic E-state index is 0.00411. The molecule has 0 saturated carbocycles. The van der Waals surface area contributed by atoms with Crippen LogP contribution in [0.15, 0.2) is 29.8 Å². The molecule has 2 amide bonds. The first kappa shape index (κ1) is 31.4. The number of likely N-dealkylation sites (tertiary alicyclic amines) is 1. The Morgan fingerprint density at radius 1 is 1.21 bits per heavy atom. The first-order valence-corrected chi connectivity index (χ1v) is 17.4. The highest BCUT2D eigenvalue weighted by Crippen LogP contribution is 2.39. The zero-order chi connectivity index (χ0) is 29.3. The average molecular weight is 575 g/mol. The molecule has 39 heavy (non-hydrogen) atoms. The van der Waals surface area contributed by atoms with Crippen LogP contribution in [0.2, 0.25) is 18.1 Å². The number of carbonyl (C=O) groups is 2. The van der Waals surface area contributed by atoms with Crippen molar-refractivity contribution in [2.75, 3.05) is 13.2 Å². The van der Waals surface area contributed by atoms with Gasteiger partial charge in [-0.1, -0.05) is 65.8 Å². The molecule has 216 valence electrons. The van der Waals surface area contributed by atoms with Crippen molar-refractivity contribution in [2.24, 2.45) is 11.1 Å². The summed E-state index contributed by atoms with van der Waals surface area (Å²) in [6.45, 7) is 18.6. The average Bonchev–Trinajstić information content (AvgIpc) is 3.46. The minimum Gasteiger partial charge on any atom is -0.412 e. The van der Waals surface area contributed by atoms with Crippen LogP contribution in [-0.2, 0) is 14.0 Å². The predicted octanol–water partition coefficient (Wildman–Crippen LogP) is 4.63. The number of thiazole rings is 1. The lowest BCUT2D eigenvalue weighted by molar-refractivity contribution is -0.141. The maximum absolute atomic E-state index is 13.7. The molecule has 3 rings (SSSR count). The normalized spacial score (nSPS) is 20.1. The summed E-state index contributed by atoms with van der Waals surface area (Å²) in [5, 5.41) is 13.2. The Kier molecular flexibility index (Phi) is 9.49. The molecule has 4 N–H and O–H groups in total. The number of nitrogens with one attached hydrogen (secondary N) is 1. The van der Waals surface area contributed by atoms with Crippen LogP contribution in [0.5, 0.6) is 0 Å². The van der Waals surface area contributed by atoms with Crippen LogP contribution in [0, 0.1) is 12.3 Å². The molecule has 4 atom stereocenters. The molecule has 0 bridgehead atoms. The molecule has 2 heterocycles. The lowest BCUT2D eigenvalue weighted by Crippen LogP contribution is -2.55. The smallest absolute Gasteiger partial charge is 0.243 e. The van der Waals surface area contributed by atoms with E-state index in [0.29, 0.717) is 13.0 Å². The van der Waals surface area contributed by atoms with Gasteiger partial charge in [-0.25, -0.2) is 4.98 Å². The predicted molar refractivity (Wildman–Crippen MR) is 160 cm³/mol.